The van der Waals surface area contributed by atoms with Crippen molar-refractivity contribution in [3.63, 3.8) is 0 Å². The normalized spacial score (nSPS) is 14.4. The highest BCUT2D eigenvalue weighted by Gasteiger charge is 2.34. The fraction of sp³-hybridized carbons (Fsp3) is 0.864. The zero-order valence-electron chi connectivity index (χ0n) is 17.8. The Balaban J connectivity index is 3.29. The first kappa shape index (κ1) is 21.3. The van der Waals surface area contributed by atoms with E-state index in [1.54, 1.807) is 0 Å². The molecule has 1 rings (SSSR count). The molecule has 0 radical (unpaired) electrons. The minimum Gasteiger partial charge on any atom is -0.345 e. The highest BCUT2D eigenvalue weighted by molar-refractivity contribution is 5.30. The standard InChI is InChI=1S/C22H42N2/c1-10-12-13-15-22(8,9)19-18(21(6,7)14-11-2)23-20(24-19)17(5)16(3)4/h16-17H,10-15H2,1-9H3,(H,23,24). The molecule has 0 aliphatic heterocycles. The first-order chi connectivity index (χ1) is 11.1. The molecule has 0 amide bonds. The van der Waals surface area contributed by atoms with Crippen LogP contribution in [0.3, 0.4) is 0 Å². The van der Waals surface area contributed by atoms with Crippen LogP contribution in [-0.4, -0.2) is 9.97 Å². The van der Waals surface area contributed by atoms with E-state index < -0.39 is 0 Å². The highest BCUT2D eigenvalue weighted by atomic mass is 15.0. The van der Waals surface area contributed by atoms with Crippen LogP contribution in [0.25, 0.3) is 0 Å². The number of nitrogens with one attached hydrogen (secondary N) is 1. The van der Waals surface area contributed by atoms with Gasteiger partial charge in [-0.15, -0.1) is 0 Å². The molecule has 1 N–H and O–H groups in total. The summed E-state index contributed by atoms with van der Waals surface area (Å²) in [5, 5.41) is 0. The van der Waals surface area contributed by atoms with Gasteiger partial charge < -0.3 is 4.98 Å². The summed E-state index contributed by atoms with van der Waals surface area (Å²) in [5.74, 6) is 2.26. The fourth-order valence-electron chi connectivity index (χ4n) is 3.59. The van der Waals surface area contributed by atoms with Gasteiger partial charge >= 0.3 is 0 Å². The smallest absolute Gasteiger partial charge is 0.109 e. The van der Waals surface area contributed by atoms with E-state index in [-0.39, 0.29) is 10.8 Å². The molecule has 0 saturated heterocycles. The molecule has 0 bridgehead atoms. The number of hydrogen-bond acceptors (Lipinski definition) is 1. The second-order valence-electron chi connectivity index (χ2n) is 9.35. The van der Waals surface area contributed by atoms with Gasteiger partial charge in [-0.25, -0.2) is 4.98 Å². The number of imidazole rings is 1. The van der Waals surface area contributed by atoms with Crippen LogP contribution in [-0.2, 0) is 10.8 Å². The minimum absolute atomic E-state index is 0.136. The van der Waals surface area contributed by atoms with E-state index in [2.05, 4.69) is 67.3 Å². The van der Waals surface area contributed by atoms with Crippen LogP contribution in [0.5, 0.6) is 0 Å². The number of rotatable bonds is 10. The van der Waals surface area contributed by atoms with E-state index in [9.17, 15) is 0 Å². The molecule has 0 fully saturated rings. The summed E-state index contributed by atoms with van der Waals surface area (Å²) in [7, 11) is 0. The Kier molecular flexibility index (Phi) is 7.56. The van der Waals surface area contributed by atoms with Crippen LogP contribution in [0, 0.1) is 5.92 Å². The zero-order chi connectivity index (χ0) is 18.5. The molecule has 1 unspecified atom stereocenters. The van der Waals surface area contributed by atoms with Crippen molar-refractivity contribution < 1.29 is 0 Å². The average molecular weight is 335 g/mol. The lowest BCUT2D eigenvalue weighted by atomic mass is 9.75. The molecule has 1 atom stereocenters. The predicted molar refractivity (Wildman–Crippen MR) is 107 cm³/mol. The van der Waals surface area contributed by atoms with Crippen molar-refractivity contribution in [1.82, 2.24) is 9.97 Å². The summed E-state index contributed by atoms with van der Waals surface area (Å²) >= 11 is 0. The van der Waals surface area contributed by atoms with Crippen molar-refractivity contribution in [2.45, 2.75) is 118 Å². The average Bonchev–Trinajstić information content (AvgIpc) is 2.93. The molecule has 24 heavy (non-hydrogen) atoms. The van der Waals surface area contributed by atoms with Gasteiger partial charge in [0.1, 0.15) is 5.82 Å². The van der Waals surface area contributed by atoms with Gasteiger partial charge in [-0.2, -0.15) is 0 Å². The maximum atomic E-state index is 5.16. The molecular formula is C22H42N2. The lowest BCUT2D eigenvalue weighted by molar-refractivity contribution is 0.406. The molecule has 0 aromatic carbocycles. The summed E-state index contributed by atoms with van der Waals surface area (Å²) in [5.41, 5.74) is 3.00. The van der Waals surface area contributed by atoms with Gasteiger partial charge in [0, 0.05) is 22.4 Å². The van der Waals surface area contributed by atoms with Crippen LogP contribution in [0.2, 0.25) is 0 Å². The number of unbranched alkanes of at least 4 members (excludes halogenated alkanes) is 2. The molecule has 1 aromatic rings. The van der Waals surface area contributed by atoms with Crippen LogP contribution in [0.4, 0.5) is 0 Å². The van der Waals surface area contributed by atoms with Gasteiger partial charge in [0.25, 0.3) is 0 Å². The summed E-state index contributed by atoms with van der Waals surface area (Å²) in [6, 6.07) is 0. The Hall–Kier alpha value is -0.790. The third kappa shape index (κ3) is 5.10. The van der Waals surface area contributed by atoms with E-state index in [4.69, 9.17) is 4.98 Å². The van der Waals surface area contributed by atoms with Crippen molar-refractivity contribution in [3.05, 3.63) is 17.2 Å². The van der Waals surface area contributed by atoms with Gasteiger partial charge in [-0.3, -0.25) is 0 Å². The Labute approximate surface area is 151 Å². The maximum absolute atomic E-state index is 5.16. The minimum atomic E-state index is 0.136. The largest absolute Gasteiger partial charge is 0.345 e. The van der Waals surface area contributed by atoms with E-state index in [0.717, 1.165) is 0 Å². The molecule has 0 aliphatic carbocycles. The SMILES string of the molecule is CCCCCC(C)(C)c1[nH]c(C(C)C(C)C)nc1C(C)(C)CCC. The lowest BCUT2D eigenvalue weighted by Gasteiger charge is -2.30. The molecule has 140 valence electrons. The van der Waals surface area contributed by atoms with Crippen molar-refractivity contribution >= 4 is 0 Å². The van der Waals surface area contributed by atoms with Crippen LogP contribution < -0.4 is 0 Å². The maximum Gasteiger partial charge on any atom is 0.109 e. The predicted octanol–water partition coefficient (Wildman–Crippen LogP) is 7.10. The van der Waals surface area contributed by atoms with Gasteiger partial charge in [0.05, 0.1) is 5.69 Å². The summed E-state index contributed by atoms with van der Waals surface area (Å²) in [6.45, 7) is 20.9. The Morgan fingerprint density at radius 2 is 1.50 bits per heavy atom. The molecule has 0 aliphatic rings. The molecule has 1 aromatic heterocycles. The summed E-state index contributed by atoms with van der Waals surface area (Å²) < 4.78 is 0. The van der Waals surface area contributed by atoms with E-state index in [1.807, 2.05) is 0 Å². The topological polar surface area (TPSA) is 28.7 Å². The first-order valence-corrected chi connectivity index (χ1v) is 10.2. The zero-order valence-corrected chi connectivity index (χ0v) is 17.8. The Morgan fingerprint density at radius 1 is 0.875 bits per heavy atom. The number of aromatic amines is 1. The van der Waals surface area contributed by atoms with Gasteiger partial charge in [0.2, 0.25) is 0 Å². The van der Waals surface area contributed by atoms with Crippen molar-refractivity contribution in [3.8, 4) is 0 Å². The third-order valence-electron chi connectivity index (χ3n) is 5.75. The monoisotopic (exact) mass is 334 g/mol. The van der Waals surface area contributed by atoms with E-state index in [0.29, 0.717) is 11.8 Å². The van der Waals surface area contributed by atoms with Gasteiger partial charge in [-0.1, -0.05) is 88.0 Å². The molecule has 1 heterocycles. The van der Waals surface area contributed by atoms with Crippen LogP contribution in [0.15, 0.2) is 0 Å². The number of hydrogen-bond donors (Lipinski definition) is 1. The lowest BCUT2D eigenvalue weighted by Crippen LogP contribution is -2.26. The Bertz CT molecular complexity index is 494. The molecule has 2 nitrogen and oxygen atoms in total. The van der Waals surface area contributed by atoms with E-state index in [1.165, 1.54) is 55.7 Å². The molecular weight excluding hydrogens is 292 g/mol. The fourth-order valence-corrected chi connectivity index (χ4v) is 3.59. The second-order valence-corrected chi connectivity index (χ2v) is 9.35. The molecule has 0 saturated carbocycles. The van der Waals surface area contributed by atoms with E-state index >= 15 is 0 Å². The highest BCUT2D eigenvalue weighted by Crippen LogP contribution is 2.39. The first-order valence-electron chi connectivity index (χ1n) is 10.2. The van der Waals surface area contributed by atoms with Gasteiger partial charge in [0.15, 0.2) is 0 Å². The quantitative estimate of drug-likeness (QED) is 0.454. The summed E-state index contributed by atoms with van der Waals surface area (Å²) in [6.07, 6.45) is 7.51. The van der Waals surface area contributed by atoms with Crippen LogP contribution in [0.1, 0.15) is 124 Å². The van der Waals surface area contributed by atoms with Crippen molar-refractivity contribution in [2.75, 3.05) is 0 Å². The molecule has 0 spiro atoms. The van der Waals surface area contributed by atoms with Gasteiger partial charge in [-0.05, 0) is 18.8 Å². The number of nitrogens with zero attached hydrogens (tertiary/aromatic N) is 1. The Morgan fingerprint density at radius 3 is 2.00 bits per heavy atom. The number of H-pyrrole nitrogens is 1. The summed E-state index contributed by atoms with van der Waals surface area (Å²) in [4.78, 5) is 8.94. The molecule has 2 heteroatoms. The third-order valence-corrected chi connectivity index (χ3v) is 5.75. The number of aromatic nitrogens is 2. The second kappa shape index (κ2) is 8.54. The van der Waals surface area contributed by atoms with Crippen molar-refractivity contribution in [2.24, 2.45) is 5.92 Å². The van der Waals surface area contributed by atoms with Crippen LogP contribution >= 0.6 is 0 Å². The van der Waals surface area contributed by atoms with Crippen molar-refractivity contribution in [1.29, 1.82) is 0 Å².